The standard InChI is InChI=1S/C23H22N2O3.BrH/c1-15-24(14-22(27)16-2-5-19(26)6-3-16)9-10-25(15)21-7-4-17-12-18-8-11-28-23(18)13-20(17)21;/h2-3,5-6,9-10,12-13,21H,4,7-8,11,14H2,1H3;1H. The molecule has 0 radical (unpaired) electrons. The average Bonchev–Trinajstić information content (AvgIpc) is 3.40. The van der Waals surface area contributed by atoms with E-state index in [9.17, 15) is 9.90 Å². The molecule has 3 aromatic rings. The van der Waals surface area contributed by atoms with Crippen molar-refractivity contribution in [2.24, 2.45) is 0 Å². The molecule has 0 saturated carbocycles. The molecule has 0 bridgehead atoms. The quantitative estimate of drug-likeness (QED) is 0.450. The third-order valence-electron chi connectivity index (χ3n) is 6.03. The minimum Gasteiger partial charge on any atom is -1.00 e. The van der Waals surface area contributed by atoms with E-state index in [2.05, 4.69) is 29.8 Å². The number of carbonyl (C=O) groups excluding carboxylic acids is 1. The third-order valence-corrected chi connectivity index (χ3v) is 6.03. The highest BCUT2D eigenvalue weighted by molar-refractivity contribution is 5.95. The molecule has 1 N–H and O–H groups in total. The number of rotatable bonds is 4. The van der Waals surface area contributed by atoms with Crippen LogP contribution < -0.4 is 26.3 Å². The fourth-order valence-electron chi connectivity index (χ4n) is 4.46. The van der Waals surface area contributed by atoms with E-state index in [4.69, 9.17) is 4.74 Å². The first-order valence-corrected chi connectivity index (χ1v) is 9.78. The Morgan fingerprint density at radius 2 is 2.00 bits per heavy atom. The first-order valence-electron chi connectivity index (χ1n) is 9.78. The zero-order valence-corrected chi connectivity index (χ0v) is 17.9. The Hall–Kier alpha value is -2.60. The first-order chi connectivity index (χ1) is 13.6. The van der Waals surface area contributed by atoms with E-state index < -0.39 is 0 Å². The van der Waals surface area contributed by atoms with E-state index in [0.717, 1.165) is 37.4 Å². The number of hydrogen-bond acceptors (Lipinski definition) is 3. The van der Waals surface area contributed by atoms with Crippen molar-refractivity contribution in [1.29, 1.82) is 0 Å². The second-order valence-electron chi connectivity index (χ2n) is 7.66. The van der Waals surface area contributed by atoms with Gasteiger partial charge in [0.1, 0.15) is 29.9 Å². The van der Waals surface area contributed by atoms with Crippen LogP contribution in [0.3, 0.4) is 0 Å². The maximum Gasteiger partial charge on any atom is 0.254 e. The summed E-state index contributed by atoms with van der Waals surface area (Å²) < 4.78 is 10.0. The van der Waals surface area contributed by atoms with Gasteiger partial charge in [0, 0.05) is 24.5 Å². The summed E-state index contributed by atoms with van der Waals surface area (Å²) in [6.45, 7) is 3.13. The fourth-order valence-corrected chi connectivity index (χ4v) is 4.46. The maximum atomic E-state index is 12.6. The van der Waals surface area contributed by atoms with Crippen LogP contribution in [0.4, 0.5) is 0 Å². The van der Waals surface area contributed by atoms with Crippen LogP contribution in [0, 0.1) is 6.92 Å². The van der Waals surface area contributed by atoms with Gasteiger partial charge in [0.15, 0.2) is 6.54 Å². The number of phenolic OH excluding ortho intramolecular Hbond substituents is 1. The highest BCUT2D eigenvalue weighted by Gasteiger charge is 2.32. The molecule has 5 rings (SSSR count). The number of carbonyl (C=O) groups is 1. The summed E-state index contributed by atoms with van der Waals surface area (Å²) in [4.78, 5) is 12.6. The molecule has 0 fully saturated rings. The molecule has 5 nitrogen and oxygen atoms in total. The monoisotopic (exact) mass is 454 g/mol. The molecule has 2 aromatic carbocycles. The lowest BCUT2D eigenvalue weighted by atomic mass is 10.0. The van der Waals surface area contributed by atoms with Crippen LogP contribution in [-0.4, -0.2) is 22.1 Å². The van der Waals surface area contributed by atoms with Gasteiger partial charge >= 0.3 is 0 Å². The van der Waals surface area contributed by atoms with Crippen molar-refractivity contribution in [1.82, 2.24) is 4.57 Å². The van der Waals surface area contributed by atoms with Gasteiger partial charge in [0.05, 0.1) is 6.61 Å². The van der Waals surface area contributed by atoms with Crippen LogP contribution in [0.25, 0.3) is 0 Å². The fraction of sp³-hybridized carbons (Fsp3) is 0.304. The predicted octanol–water partition coefficient (Wildman–Crippen LogP) is 0.147. The van der Waals surface area contributed by atoms with E-state index in [0.29, 0.717) is 5.56 Å². The van der Waals surface area contributed by atoms with E-state index in [1.165, 1.54) is 16.7 Å². The molecule has 29 heavy (non-hydrogen) atoms. The number of imidazole rings is 1. The van der Waals surface area contributed by atoms with Crippen LogP contribution in [-0.2, 0) is 19.4 Å². The lowest BCUT2D eigenvalue weighted by Crippen LogP contribution is -3.00. The Morgan fingerprint density at radius 1 is 1.21 bits per heavy atom. The van der Waals surface area contributed by atoms with Gasteiger partial charge in [0.25, 0.3) is 5.82 Å². The van der Waals surface area contributed by atoms with Crippen molar-refractivity contribution in [2.45, 2.75) is 38.8 Å². The largest absolute Gasteiger partial charge is 1.00 e. The molecule has 1 aliphatic carbocycles. The van der Waals surface area contributed by atoms with Crippen LogP contribution in [0.2, 0.25) is 0 Å². The Kier molecular flexibility index (Phi) is 5.21. The average molecular weight is 455 g/mol. The van der Waals surface area contributed by atoms with Gasteiger partial charge in [-0.2, -0.15) is 0 Å². The van der Waals surface area contributed by atoms with Crippen LogP contribution in [0.5, 0.6) is 11.5 Å². The second kappa shape index (κ2) is 7.67. The van der Waals surface area contributed by atoms with Gasteiger partial charge in [-0.1, -0.05) is 6.07 Å². The highest BCUT2D eigenvalue weighted by atomic mass is 79.9. The molecule has 150 valence electrons. The minimum atomic E-state index is 0. The maximum absolute atomic E-state index is 12.6. The molecule has 1 aromatic heterocycles. The summed E-state index contributed by atoms with van der Waals surface area (Å²) in [5.41, 5.74) is 4.71. The molecule has 0 amide bonds. The minimum absolute atomic E-state index is 0. The van der Waals surface area contributed by atoms with Crippen molar-refractivity contribution in [2.75, 3.05) is 6.61 Å². The van der Waals surface area contributed by atoms with Crippen molar-refractivity contribution < 1.29 is 36.2 Å². The molecule has 1 atom stereocenters. The van der Waals surface area contributed by atoms with Crippen LogP contribution >= 0.6 is 0 Å². The Balaban J connectivity index is 0.00000205. The normalized spacial score (nSPS) is 16.7. The Morgan fingerprint density at radius 3 is 2.79 bits per heavy atom. The molecule has 6 heteroatoms. The Labute approximate surface area is 180 Å². The SMILES string of the molecule is Cc1n(C2CCc3cc4c(cc32)OCC4)cc[n+]1CC(=O)c1ccc(O)cc1.[Br-]. The number of Topliss-reactive ketones (excluding diaryl/α,β-unsaturated/α-hetero) is 1. The van der Waals surface area contributed by atoms with Crippen molar-refractivity contribution >= 4 is 5.78 Å². The lowest BCUT2D eigenvalue weighted by Gasteiger charge is -2.11. The molecular formula is C23H23BrN2O3. The van der Waals surface area contributed by atoms with Gasteiger partial charge < -0.3 is 26.8 Å². The van der Waals surface area contributed by atoms with E-state index in [1.807, 2.05) is 10.8 Å². The summed E-state index contributed by atoms with van der Waals surface area (Å²) in [7, 11) is 0. The van der Waals surface area contributed by atoms with E-state index in [-0.39, 0.29) is 41.1 Å². The zero-order valence-electron chi connectivity index (χ0n) is 16.3. The van der Waals surface area contributed by atoms with E-state index >= 15 is 0 Å². The number of aromatic hydroxyl groups is 1. The Bertz CT molecular complexity index is 1070. The van der Waals surface area contributed by atoms with Gasteiger partial charge in [-0.25, -0.2) is 9.13 Å². The van der Waals surface area contributed by atoms with Gasteiger partial charge in [0.2, 0.25) is 5.78 Å². The number of phenols is 1. The predicted molar refractivity (Wildman–Crippen MR) is 104 cm³/mol. The number of aromatic nitrogens is 2. The number of aryl methyl sites for hydroxylation is 1. The lowest BCUT2D eigenvalue weighted by molar-refractivity contribution is -0.688. The summed E-state index contributed by atoms with van der Waals surface area (Å²) in [5.74, 6) is 2.29. The number of hydrogen-bond donors (Lipinski definition) is 1. The van der Waals surface area contributed by atoms with Gasteiger partial charge in [-0.15, -0.1) is 0 Å². The molecule has 1 unspecified atom stereocenters. The van der Waals surface area contributed by atoms with E-state index in [1.54, 1.807) is 24.3 Å². The molecule has 0 spiro atoms. The number of fused-ring (bicyclic) bond motifs is 2. The number of benzene rings is 2. The molecule has 0 saturated heterocycles. The number of ketones is 1. The first kappa shape index (κ1) is 19.7. The van der Waals surface area contributed by atoms with Gasteiger partial charge in [-0.05, 0) is 54.3 Å². The number of nitrogens with zero attached hydrogens (tertiary/aromatic N) is 2. The van der Waals surface area contributed by atoms with Crippen molar-refractivity contribution in [3.63, 3.8) is 0 Å². The summed E-state index contributed by atoms with van der Waals surface area (Å²) in [6.07, 6.45) is 7.22. The van der Waals surface area contributed by atoms with Crippen molar-refractivity contribution in [3.8, 4) is 11.5 Å². The number of halogens is 1. The second-order valence-corrected chi connectivity index (χ2v) is 7.66. The van der Waals surface area contributed by atoms with Crippen molar-refractivity contribution in [3.05, 3.63) is 76.9 Å². The topological polar surface area (TPSA) is 55.3 Å². The van der Waals surface area contributed by atoms with Crippen LogP contribution in [0.15, 0.2) is 48.8 Å². The van der Waals surface area contributed by atoms with Crippen LogP contribution in [0.1, 0.15) is 45.3 Å². The third kappa shape index (κ3) is 3.46. The molecule has 2 heterocycles. The van der Waals surface area contributed by atoms with Gasteiger partial charge in [-0.3, -0.25) is 4.79 Å². The summed E-state index contributed by atoms with van der Waals surface area (Å²) in [6, 6.07) is 11.3. The molecular weight excluding hydrogens is 432 g/mol. The molecule has 1 aliphatic heterocycles. The highest BCUT2D eigenvalue weighted by Crippen LogP contribution is 2.40. The number of ether oxygens (including phenoxy) is 1. The smallest absolute Gasteiger partial charge is 0.254 e. The molecule has 2 aliphatic rings. The summed E-state index contributed by atoms with van der Waals surface area (Å²) in [5, 5.41) is 9.41. The zero-order chi connectivity index (χ0) is 19.3. The summed E-state index contributed by atoms with van der Waals surface area (Å²) >= 11 is 0.